The topological polar surface area (TPSA) is 50.4 Å². The van der Waals surface area contributed by atoms with E-state index in [1.165, 1.54) is 7.11 Å². The van der Waals surface area contributed by atoms with Crippen molar-refractivity contribution in [3.05, 3.63) is 28.7 Å². The summed E-state index contributed by atoms with van der Waals surface area (Å²) in [4.78, 5) is 10.8. The molecule has 0 spiro atoms. The molecule has 0 saturated heterocycles. The lowest BCUT2D eigenvalue weighted by atomic mass is 10.3. The van der Waals surface area contributed by atoms with Gasteiger partial charge in [-0.15, -0.1) is 0 Å². The van der Waals surface area contributed by atoms with Gasteiger partial charge < -0.3 is 10.1 Å². The molecule has 80 valence electrons. The fourth-order valence-electron chi connectivity index (χ4n) is 0.839. The second-order valence-electron chi connectivity index (χ2n) is 2.58. The number of anilines is 1. The molecule has 1 amide bonds. The molecular weight excluding hydrogens is 280 g/mol. The van der Waals surface area contributed by atoms with Crippen LogP contribution in [0.5, 0.6) is 0 Å². The van der Waals surface area contributed by atoms with Gasteiger partial charge in [0, 0.05) is 10.2 Å². The number of carbonyl (C=O) groups excluding carboxylic acids is 1. The summed E-state index contributed by atoms with van der Waals surface area (Å²) in [6.07, 6.45) is -0.593. The molecule has 0 aliphatic heterocycles. The van der Waals surface area contributed by atoms with Crippen molar-refractivity contribution in [1.29, 1.82) is 0 Å². The minimum Gasteiger partial charge on any atom is -0.453 e. The molecule has 0 radical (unpaired) electrons. The van der Waals surface area contributed by atoms with Crippen LogP contribution < -0.4 is 10.6 Å². The highest BCUT2D eigenvalue weighted by Crippen LogP contribution is 2.13. The maximum Gasteiger partial charge on any atom is 0.413 e. The van der Waals surface area contributed by atoms with Crippen LogP contribution in [0, 0.1) is 0 Å². The summed E-state index contributed by atoms with van der Waals surface area (Å²) in [6, 6.07) is 7.39. The van der Waals surface area contributed by atoms with Crippen LogP contribution in [0.1, 0.15) is 0 Å². The molecule has 0 aromatic heterocycles. The molecule has 0 aliphatic rings. The SMILES string of the molecule is COC(=O)NC(=S)Nc1ccc(Br)cc1. The Bertz CT molecular complexity index is 367. The molecule has 1 aromatic rings. The van der Waals surface area contributed by atoms with Gasteiger partial charge in [-0.1, -0.05) is 15.9 Å². The lowest BCUT2D eigenvalue weighted by Gasteiger charge is -2.08. The number of hydrogen-bond donors (Lipinski definition) is 2. The monoisotopic (exact) mass is 288 g/mol. The van der Waals surface area contributed by atoms with Crippen molar-refractivity contribution in [3.8, 4) is 0 Å². The maximum atomic E-state index is 10.8. The lowest BCUT2D eigenvalue weighted by molar-refractivity contribution is 0.177. The summed E-state index contributed by atoms with van der Waals surface area (Å²) < 4.78 is 5.36. The van der Waals surface area contributed by atoms with Crippen molar-refractivity contribution in [2.45, 2.75) is 0 Å². The first-order chi connectivity index (χ1) is 7.11. The Morgan fingerprint density at radius 1 is 1.40 bits per heavy atom. The van der Waals surface area contributed by atoms with Crippen LogP contribution in [0.2, 0.25) is 0 Å². The third kappa shape index (κ3) is 4.26. The van der Waals surface area contributed by atoms with Gasteiger partial charge in [-0.3, -0.25) is 5.32 Å². The number of amides is 1. The molecular formula is C9H9BrN2O2S. The fourth-order valence-corrected chi connectivity index (χ4v) is 1.30. The zero-order valence-corrected chi connectivity index (χ0v) is 10.3. The van der Waals surface area contributed by atoms with E-state index >= 15 is 0 Å². The van der Waals surface area contributed by atoms with Gasteiger partial charge in [-0.2, -0.15) is 0 Å². The molecule has 0 bridgehead atoms. The fraction of sp³-hybridized carbons (Fsp3) is 0.111. The van der Waals surface area contributed by atoms with Crippen molar-refractivity contribution in [2.24, 2.45) is 0 Å². The van der Waals surface area contributed by atoms with E-state index in [9.17, 15) is 4.79 Å². The minimum atomic E-state index is -0.593. The van der Waals surface area contributed by atoms with Gasteiger partial charge >= 0.3 is 6.09 Å². The van der Waals surface area contributed by atoms with E-state index in [-0.39, 0.29) is 5.11 Å². The van der Waals surface area contributed by atoms with Crippen LogP contribution in [0.4, 0.5) is 10.5 Å². The van der Waals surface area contributed by atoms with Crippen molar-refractivity contribution in [3.63, 3.8) is 0 Å². The van der Waals surface area contributed by atoms with E-state index in [0.29, 0.717) is 0 Å². The molecule has 0 saturated carbocycles. The predicted octanol–water partition coefficient (Wildman–Crippen LogP) is 2.50. The number of methoxy groups -OCH3 is 1. The number of hydrogen-bond acceptors (Lipinski definition) is 3. The zero-order chi connectivity index (χ0) is 11.3. The smallest absolute Gasteiger partial charge is 0.413 e. The van der Waals surface area contributed by atoms with Crippen molar-refractivity contribution >= 4 is 45.0 Å². The summed E-state index contributed by atoms with van der Waals surface area (Å²) >= 11 is 8.19. The number of carbonyl (C=O) groups is 1. The lowest BCUT2D eigenvalue weighted by Crippen LogP contribution is -2.33. The van der Waals surface area contributed by atoms with E-state index in [4.69, 9.17) is 12.2 Å². The quantitative estimate of drug-likeness (QED) is 0.780. The van der Waals surface area contributed by atoms with E-state index in [2.05, 4.69) is 31.3 Å². The molecule has 0 unspecified atom stereocenters. The second-order valence-corrected chi connectivity index (χ2v) is 3.90. The highest BCUT2D eigenvalue weighted by atomic mass is 79.9. The maximum absolute atomic E-state index is 10.8. The first-order valence-electron chi connectivity index (χ1n) is 4.03. The van der Waals surface area contributed by atoms with E-state index in [1.807, 2.05) is 24.3 Å². The zero-order valence-electron chi connectivity index (χ0n) is 7.91. The Morgan fingerprint density at radius 2 is 2.00 bits per heavy atom. The Hall–Kier alpha value is -1.14. The molecule has 0 fully saturated rings. The number of halogens is 1. The van der Waals surface area contributed by atoms with Gasteiger partial charge in [-0.25, -0.2) is 4.79 Å². The van der Waals surface area contributed by atoms with Gasteiger partial charge in [0.05, 0.1) is 7.11 Å². The Balaban J connectivity index is 2.51. The third-order valence-corrected chi connectivity index (χ3v) is 2.24. The summed E-state index contributed by atoms with van der Waals surface area (Å²) in [5, 5.41) is 5.37. The normalized spacial score (nSPS) is 9.20. The summed E-state index contributed by atoms with van der Waals surface area (Å²) in [5.41, 5.74) is 0.791. The third-order valence-electron chi connectivity index (χ3n) is 1.50. The number of nitrogens with one attached hydrogen (secondary N) is 2. The Labute approximate surface area is 101 Å². The summed E-state index contributed by atoms with van der Waals surface area (Å²) in [7, 11) is 1.28. The van der Waals surface area contributed by atoms with Gasteiger partial charge in [0.25, 0.3) is 0 Å². The van der Waals surface area contributed by atoms with Crippen LogP contribution in [-0.2, 0) is 4.74 Å². The average molecular weight is 289 g/mol. The number of thiocarbonyl (C=S) groups is 1. The first-order valence-corrected chi connectivity index (χ1v) is 5.23. The molecule has 0 heterocycles. The van der Waals surface area contributed by atoms with Gasteiger partial charge in [0.2, 0.25) is 0 Å². The number of alkyl carbamates (subject to hydrolysis) is 1. The van der Waals surface area contributed by atoms with Crippen LogP contribution >= 0.6 is 28.1 Å². The van der Waals surface area contributed by atoms with Gasteiger partial charge in [0.15, 0.2) is 5.11 Å². The Morgan fingerprint density at radius 3 is 2.53 bits per heavy atom. The van der Waals surface area contributed by atoms with Crippen molar-refractivity contribution in [2.75, 3.05) is 12.4 Å². The number of benzene rings is 1. The standard InChI is InChI=1S/C9H9BrN2O2S/c1-14-9(13)12-8(15)11-7-4-2-6(10)3-5-7/h2-5H,1H3,(H2,11,12,13,15). The van der Waals surface area contributed by atoms with Gasteiger partial charge in [-0.05, 0) is 36.5 Å². The highest BCUT2D eigenvalue weighted by molar-refractivity contribution is 9.10. The number of ether oxygens (including phenoxy) is 1. The molecule has 15 heavy (non-hydrogen) atoms. The summed E-state index contributed by atoms with van der Waals surface area (Å²) in [6.45, 7) is 0. The molecule has 0 aliphatic carbocycles. The van der Waals surface area contributed by atoms with Crippen LogP contribution in [0.15, 0.2) is 28.7 Å². The highest BCUT2D eigenvalue weighted by Gasteiger charge is 2.02. The van der Waals surface area contributed by atoms with E-state index < -0.39 is 6.09 Å². The second kappa shape index (κ2) is 5.67. The molecule has 2 N–H and O–H groups in total. The Kier molecular flexibility index (Phi) is 4.51. The molecule has 4 nitrogen and oxygen atoms in total. The first kappa shape index (κ1) is 11.9. The van der Waals surface area contributed by atoms with Crippen molar-refractivity contribution in [1.82, 2.24) is 5.32 Å². The predicted molar refractivity (Wildman–Crippen MR) is 65.9 cm³/mol. The average Bonchev–Trinajstić information content (AvgIpc) is 2.21. The minimum absolute atomic E-state index is 0.198. The van der Waals surface area contributed by atoms with Crippen LogP contribution in [0.3, 0.4) is 0 Å². The van der Waals surface area contributed by atoms with Crippen LogP contribution in [0.25, 0.3) is 0 Å². The molecule has 0 atom stereocenters. The number of rotatable bonds is 1. The summed E-state index contributed by atoms with van der Waals surface area (Å²) in [5.74, 6) is 0. The van der Waals surface area contributed by atoms with E-state index in [1.54, 1.807) is 0 Å². The molecule has 1 rings (SSSR count). The molecule has 1 aromatic carbocycles. The van der Waals surface area contributed by atoms with Crippen molar-refractivity contribution < 1.29 is 9.53 Å². The van der Waals surface area contributed by atoms with Gasteiger partial charge in [0.1, 0.15) is 0 Å². The largest absolute Gasteiger partial charge is 0.453 e. The molecule has 6 heteroatoms. The van der Waals surface area contributed by atoms with Crippen LogP contribution in [-0.4, -0.2) is 18.3 Å². The van der Waals surface area contributed by atoms with E-state index in [0.717, 1.165) is 10.2 Å².